The number of aryl methyl sites for hydroxylation is 1. The zero-order valence-electron chi connectivity index (χ0n) is 12.1. The molecule has 0 bridgehead atoms. The highest BCUT2D eigenvalue weighted by Crippen LogP contribution is 2.41. The van der Waals surface area contributed by atoms with Gasteiger partial charge in [-0.1, -0.05) is 27.2 Å². The van der Waals surface area contributed by atoms with Crippen molar-refractivity contribution in [3.05, 3.63) is 18.2 Å². The standard InChI is InChI=1S/C15H26N2O/c1-5-17-9-8-16-14(17)15(3,4)12-7-6-11(2)10-13(12)18/h8-9,11-13,18H,5-7,10H2,1-4H3. The summed E-state index contributed by atoms with van der Waals surface area (Å²) in [5.74, 6) is 2.09. The molecule has 1 aliphatic rings. The molecular formula is C15H26N2O. The van der Waals surface area contributed by atoms with E-state index < -0.39 is 0 Å². The molecule has 0 saturated heterocycles. The van der Waals surface area contributed by atoms with E-state index in [1.54, 1.807) is 0 Å². The van der Waals surface area contributed by atoms with E-state index in [4.69, 9.17) is 0 Å². The molecule has 2 rings (SSSR count). The molecule has 0 aromatic carbocycles. The van der Waals surface area contributed by atoms with Crippen LogP contribution in [0.25, 0.3) is 0 Å². The highest BCUT2D eigenvalue weighted by Gasteiger charge is 2.41. The van der Waals surface area contributed by atoms with Gasteiger partial charge in [-0.15, -0.1) is 0 Å². The van der Waals surface area contributed by atoms with Gasteiger partial charge < -0.3 is 9.67 Å². The van der Waals surface area contributed by atoms with E-state index in [9.17, 15) is 5.11 Å². The van der Waals surface area contributed by atoms with Crippen molar-refractivity contribution in [3.63, 3.8) is 0 Å². The third-order valence-corrected chi connectivity index (χ3v) is 4.64. The number of aromatic nitrogens is 2. The molecule has 18 heavy (non-hydrogen) atoms. The molecule has 1 fully saturated rings. The van der Waals surface area contributed by atoms with Gasteiger partial charge in [0.15, 0.2) is 0 Å². The second-order valence-electron chi connectivity index (χ2n) is 6.35. The van der Waals surface area contributed by atoms with Crippen molar-refractivity contribution >= 4 is 0 Å². The highest BCUT2D eigenvalue weighted by molar-refractivity contribution is 5.11. The molecule has 1 aromatic rings. The van der Waals surface area contributed by atoms with Gasteiger partial charge in [-0.25, -0.2) is 4.98 Å². The van der Waals surface area contributed by atoms with Crippen LogP contribution >= 0.6 is 0 Å². The monoisotopic (exact) mass is 250 g/mol. The molecule has 3 nitrogen and oxygen atoms in total. The van der Waals surface area contributed by atoms with Crippen LogP contribution in [0.1, 0.15) is 52.8 Å². The first kappa shape index (κ1) is 13.6. The fraction of sp³-hybridized carbons (Fsp3) is 0.800. The minimum atomic E-state index is -0.189. The van der Waals surface area contributed by atoms with Crippen LogP contribution in [0.4, 0.5) is 0 Å². The minimum Gasteiger partial charge on any atom is -0.393 e. The summed E-state index contributed by atoms with van der Waals surface area (Å²) in [5.41, 5.74) is -0.0565. The molecule has 102 valence electrons. The maximum atomic E-state index is 10.4. The van der Waals surface area contributed by atoms with E-state index in [1.165, 1.54) is 6.42 Å². The molecular weight excluding hydrogens is 224 g/mol. The lowest BCUT2D eigenvalue weighted by molar-refractivity contribution is 0.0112. The molecule has 0 radical (unpaired) electrons. The topological polar surface area (TPSA) is 38.0 Å². The van der Waals surface area contributed by atoms with E-state index in [1.807, 2.05) is 12.4 Å². The Bertz CT molecular complexity index is 397. The fourth-order valence-electron chi connectivity index (χ4n) is 3.48. The lowest BCUT2D eigenvalue weighted by Gasteiger charge is -2.41. The summed E-state index contributed by atoms with van der Waals surface area (Å²) in [7, 11) is 0. The maximum absolute atomic E-state index is 10.4. The van der Waals surface area contributed by atoms with Gasteiger partial charge in [-0.2, -0.15) is 0 Å². The Labute approximate surface area is 110 Å². The van der Waals surface area contributed by atoms with E-state index in [0.717, 1.165) is 25.2 Å². The summed E-state index contributed by atoms with van der Waals surface area (Å²) >= 11 is 0. The number of hydrogen-bond acceptors (Lipinski definition) is 2. The van der Waals surface area contributed by atoms with E-state index in [0.29, 0.717) is 11.8 Å². The summed E-state index contributed by atoms with van der Waals surface area (Å²) in [6.45, 7) is 9.77. The second-order valence-corrected chi connectivity index (χ2v) is 6.35. The quantitative estimate of drug-likeness (QED) is 0.895. The van der Waals surface area contributed by atoms with Gasteiger partial charge in [0.05, 0.1) is 6.10 Å². The lowest BCUT2D eigenvalue weighted by Crippen LogP contribution is -2.42. The number of rotatable bonds is 3. The average molecular weight is 250 g/mol. The smallest absolute Gasteiger partial charge is 0.114 e. The van der Waals surface area contributed by atoms with Crippen LogP contribution in [-0.4, -0.2) is 20.8 Å². The van der Waals surface area contributed by atoms with Crippen molar-refractivity contribution < 1.29 is 5.11 Å². The van der Waals surface area contributed by atoms with E-state index in [-0.39, 0.29) is 11.5 Å². The molecule has 0 spiro atoms. The van der Waals surface area contributed by atoms with Crippen molar-refractivity contribution in [2.24, 2.45) is 11.8 Å². The van der Waals surface area contributed by atoms with Crippen LogP contribution in [0.2, 0.25) is 0 Å². The van der Waals surface area contributed by atoms with Crippen LogP contribution in [0, 0.1) is 11.8 Å². The van der Waals surface area contributed by atoms with Gasteiger partial charge in [0, 0.05) is 24.4 Å². The SMILES string of the molecule is CCn1ccnc1C(C)(C)C1CCC(C)CC1O. The van der Waals surface area contributed by atoms with Crippen molar-refractivity contribution in [2.75, 3.05) is 0 Å². The summed E-state index contributed by atoms with van der Waals surface area (Å²) in [5, 5.41) is 10.4. The number of imidazole rings is 1. The average Bonchev–Trinajstić information content (AvgIpc) is 2.76. The van der Waals surface area contributed by atoms with Crippen LogP contribution in [0.15, 0.2) is 12.4 Å². The zero-order chi connectivity index (χ0) is 13.3. The molecule has 3 heteroatoms. The Morgan fingerprint density at radius 1 is 1.44 bits per heavy atom. The molecule has 1 heterocycles. The maximum Gasteiger partial charge on any atom is 0.114 e. The van der Waals surface area contributed by atoms with Crippen LogP contribution in [0.3, 0.4) is 0 Å². The van der Waals surface area contributed by atoms with Gasteiger partial charge in [0.2, 0.25) is 0 Å². The summed E-state index contributed by atoms with van der Waals surface area (Å²) in [4.78, 5) is 4.54. The van der Waals surface area contributed by atoms with Crippen molar-refractivity contribution in [1.82, 2.24) is 9.55 Å². The largest absolute Gasteiger partial charge is 0.393 e. The third kappa shape index (κ3) is 2.33. The third-order valence-electron chi connectivity index (χ3n) is 4.64. The summed E-state index contributed by atoms with van der Waals surface area (Å²) in [6, 6.07) is 0. The Morgan fingerprint density at radius 3 is 2.78 bits per heavy atom. The summed E-state index contributed by atoms with van der Waals surface area (Å²) in [6.07, 6.45) is 6.98. The predicted molar refractivity (Wildman–Crippen MR) is 73.4 cm³/mol. The van der Waals surface area contributed by atoms with Gasteiger partial charge >= 0.3 is 0 Å². The Morgan fingerprint density at radius 2 is 2.17 bits per heavy atom. The Balaban J connectivity index is 2.25. The zero-order valence-corrected chi connectivity index (χ0v) is 12.1. The van der Waals surface area contributed by atoms with Crippen molar-refractivity contribution in [1.29, 1.82) is 0 Å². The van der Waals surface area contributed by atoms with Crippen LogP contribution in [-0.2, 0) is 12.0 Å². The molecule has 3 atom stereocenters. The van der Waals surface area contributed by atoms with Crippen molar-refractivity contribution in [3.8, 4) is 0 Å². The minimum absolute atomic E-state index is 0.0565. The second kappa shape index (κ2) is 5.04. The van der Waals surface area contributed by atoms with Gasteiger partial charge in [0.25, 0.3) is 0 Å². The molecule has 1 aliphatic carbocycles. The van der Waals surface area contributed by atoms with Gasteiger partial charge in [0.1, 0.15) is 5.82 Å². The fourth-order valence-corrected chi connectivity index (χ4v) is 3.48. The first-order chi connectivity index (χ1) is 8.46. The number of nitrogens with zero attached hydrogens (tertiary/aromatic N) is 2. The number of aliphatic hydroxyl groups is 1. The van der Waals surface area contributed by atoms with Gasteiger partial charge in [-0.05, 0) is 31.6 Å². The molecule has 1 aromatic heterocycles. The first-order valence-corrected chi connectivity index (χ1v) is 7.16. The number of hydrogen-bond donors (Lipinski definition) is 1. The van der Waals surface area contributed by atoms with Gasteiger partial charge in [-0.3, -0.25) is 0 Å². The Kier molecular flexibility index (Phi) is 3.81. The van der Waals surface area contributed by atoms with E-state index in [2.05, 4.69) is 37.2 Å². The highest BCUT2D eigenvalue weighted by atomic mass is 16.3. The normalized spacial score (nSPS) is 29.5. The first-order valence-electron chi connectivity index (χ1n) is 7.16. The van der Waals surface area contributed by atoms with Crippen molar-refractivity contribution in [2.45, 2.75) is 65.0 Å². The molecule has 1 N–H and O–H groups in total. The molecule has 3 unspecified atom stereocenters. The predicted octanol–water partition coefficient (Wildman–Crippen LogP) is 2.98. The van der Waals surface area contributed by atoms with Crippen LogP contribution < -0.4 is 0 Å². The van der Waals surface area contributed by atoms with E-state index >= 15 is 0 Å². The Hall–Kier alpha value is -0.830. The summed E-state index contributed by atoms with van der Waals surface area (Å²) < 4.78 is 2.20. The number of aliphatic hydroxyl groups excluding tert-OH is 1. The molecule has 0 aliphatic heterocycles. The lowest BCUT2D eigenvalue weighted by atomic mass is 9.67. The molecule has 0 amide bonds. The van der Waals surface area contributed by atoms with Crippen LogP contribution in [0.5, 0.6) is 0 Å². The molecule has 1 saturated carbocycles.